The molecule has 2 aromatic carbocycles. The summed E-state index contributed by atoms with van der Waals surface area (Å²) in [6.07, 6.45) is 0.273. The molecule has 0 bridgehead atoms. The van der Waals surface area contributed by atoms with Crippen molar-refractivity contribution < 1.29 is 14.5 Å². The number of anilines is 1. The highest BCUT2D eigenvalue weighted by atomic mass is 35.5. The molecule has 0 fully saturated rings. The quantitative estimate of drug-likeness (QED) is 0.654. The number of nitrogens with zero attached hydrogens (tertiary/aromatic N) is 2. The van der Waals surface area contributed by atoms with Gasteiger partial charge in [0.25, 0.3) is 11.6 Å². The molecular weight excluding hydrogens is 346 g/mol. The monoisotopic (exact) mass is 361 g/mol. The number of carbonyl (C=O) groups is 2. The zero-order chi connectivity index (χ0) is 18.6. The van der Waals surface area contributed by atoms with Crippen molar-refractivity contribution in [3.63, 3.8) is 0 Å². The summed E-state index contributed by atoms with van der Waals surface area (Å²) in [4.78, 5) is 35.5. The SMILES string of the molecule is CN(C)C(=O)Cc1ccc(NC(=O)c2ccc([N+](=O)[O-])cc2Cl)cc1. The van der Waals surface area contributed by atoms with Crippen LogP contribution in [-0.2, 0) is 11.2 Å². The Labute approximate surface area is 149 Å². The molecular formula is C17H16ClN3O4. The Morgan fingerprint density at radius 1 is 1.16 bits per heavy atom. The van der Waals surface area contributed by atoms with Crippen LogP contribution in [0.2, 0.25) is 5.02 Å². The zero-order valence-corrected chi connectivity index (χ0v) is 14.4. The molecule has 0 atom stereocenters. The third-order valence-corrected chi connectivity index (χ3v) is 3.79. The number of nitrogens with one attached hydrogen (secondary N) is 1. The first-order valence-corrected chi connectivity index (χ1v) is 7.70. The number of halogens is 1. The Morgan fingerprint density at radius 2 is 1.80 bits per heavy atom. The summed E-state index contributed by atoms with van der Waals surface area (Å²) >= 11 is 5.94. The molecule has 25 heavy (non-hydrogen) atoms. The minimum absolute atomic E-state index is 0.0000927. The topological polar surface area (TPSA) is 92.6 Å². The summed E-state index contributed by atoms with van der Waals surface area (Å²) < 4.78 is 0. The summed E-state index contributed by atoms with van der Waals surface area (Å²) in [5.41, 5.74) is 1.31. The second-order valence-electron chi connectivity index (χ2n) is 5.54. The van der Waals surface area contributed by atoms with Crippen LogP contribution in [-0.4, -0.2) is 35.7 Å². The number of non-ortho nitro benzene ring substituents is 1. The second-order valence-corrected chi connectivity index (χ2v) is 5.94. The van der Waals surface area contributed by atoms with Crippen molar-refractivity contribution in [2.45, 2.75) is 6.42 Å². The predicted molar refractivity (Wildman–Crippen MR) is 94.9 cm³/mol. The average molecular weight is 362 g/mol. The Bertz CT molecular complexity index is 819. The molecule has 0 radical (unpaired) electrons. The number of nitro groups is 1. The summed E-state index contributed by atoms with van der Waals surface area (Å²) in [5, 5.41) is 13.4. The molecule has 2 aromatic rings. The summed E-state index contributed by atoms with van der Waals surface area (Å²) in [5.74, 6) is -0.494. The smallest absolute Gasteiger partial charge is 0.270 e. The van der Waals surface area contributed by atoms with Gasteiger partial charge in [0.05, 0.1) is 21.9 Å². The maximum absolute atomic E-state index is 12.2. The van der Waals surface area contributed by atoms with E-state index in [1.807, 2.05) is 0 Å². The van der Waals surface area contributed by atoms with Crippen LogP contribution in [0.25, 0.3) is 0 Å². The van der Waals surface area contributed by atoms with E-state index in [1.165, 1.54) is 17.0 Å². The van der Waals surface area contributed by atoms with Crippen LogP contribution in [0, 0.1) is 10.1 Å². The van der Waals surface area contributed by atoms with Gasteiger partial charge in [-0.3, -0.25) is 19.7 Å². The number of carbonyl (C=O) groups excluding carboxylic acids is 2. The van der Waals surface area contributed by atoms with E-state index in [0.29, 0.717) is 5.69 Å². The van der Waals surface area contributed by atoms with Crippen molar-refractivity contribution in [2.75, 3.05) is 19.4 Å². The second kappa shape index (κ2) is 7.76. The largest absolute Gasteiger partial charge is 0.349 e. The number of likely N-dealkylation sites (N-methyl/N-ethyl adjacent to an activating group) is 1. The molecule has 0 saturated heterocycles. The van der Waals surface area contributed by atoms with Gasteiger partial charge in [0, 0.05) is 31.9 Å². The molecule has 0 aliphatic carbocycles. The van der Waals surface area contributed by atoms with Crippen molar-refractivity contribution in [2.24, 2.45) is 0 Å². The van der Waals surface area contributed by atoms with Crippen molar-refractivity contribution in [1.29, 1.82) is 0 Å². The highest BCUT2D eigenvalue weighted by Gasteiger charge is 2.15. The predicted octanol–water partition coefficient (Wildman–Crippen LogP) is 3.13. The average Bonchev–Trinajstić information content (AvgIpc) is 2.56. The summed E-state index contributed by atoms with van der Waals surface area (Å²) in [6, 6.07) is 10.5. The number of amides is 2. The molecule has 0 aliphatic rings. The number of hydrogen-bond donors (Lipinski definition) is 1. The first-order valence-electron chi connectivity index (χ1n) is 7.32. The fraction of sp³-hybridized carbons (Fsp3) is 0.176. The first-order chi connectivity index (χ1) is 11.8. The molecule has 7 nitrogen and oxygen atoms in total. The van der Waals surface area contributed by atoms with E-state index in [0.717, 1.165) is 11.6 Å². The third kappa shape index (κ3) is 4.77. The molecule has 0 heterocycles. The lowest BCUT2D eigenvalue weighted by Gasteiger charge is -2.11. The van der Waals surface area contributed by atoms with Gasteiger partial charge in [0.1, 0.15) is 0 Å². The Kier molecular flexibility index (Phi) is 5.71. The van der Waals surface area contributed by atoms with E-state index in [1.54, 1.807) is 38.4 Å². The van der Waals surface area contributed by atoms with Gasteiger partial charge in [-0.05, 0) is 23.8 Å². The fourth-order valence-electron chi connectivity index (χ4n) is 2.04. The van der Waals surface area contributed by atoms with Crippen LogP contribution in [0.3, 0.4) is 0 Å². The third-order valence-electron chi connectivity index (χ3n) is 3.47. The van der Waals surface area contributed by atoms with E-state index in [-0.39, 0.29) is 28.6 Å². The minimum Gasteiger partial charge on any atom is -0.349 e. The van der Waals surface area contributed by atoms with Gasteiger partial charge in [-0.2, -0.15) is 0 Å². The Balaban J connectivity index is 2.08. The van der Waals surface area contributed by atoms with Crippen LogP contribution in [0.1, 0.15) is 15.9 Å². The van der Waals surface area contributed by atoms with E-state index in [4.69, 9.17) is 11.6 Å². The van der Waals surface area contributed by atoms with Gasteiger partial charge in [-0.15, -0.1) is 0 Å². The molecule has 0 unspecified atom stereocenters. The highest BCUT2D eigenvalue weighted by Crippen LogP contribution is 2.23. The maximum Gasteiger partial charge on any atom is 0.270 e. The molecule has 0 aromatic heterocycles. The number of rotatable bonds is 5. The van der Waals surface area contributed by atoms with E-state index in [9.17, 15) is 19.7 Å². The van der Waals surface area contributed by atoms with Crippen LogP contribution in [0.5, 0.6) is 0 Å². The molecule has 0 spiro atoms. The zero-order valence-electron chi connectivity index (χ0n) is 13.7. The van der Waals surface area contributed by atoms with Crippen molar-refractivity contribution in [3.8, 4) is 0 Å². The molecule has 130 valence electrons. The lowest BCUT2D eigenvalue weighted by Crippen LogP contribution is -2.23. The molecule has 1 N–H and O–H groups in total. The van der Waals surface area contributed by atoms with Crippen LogP contribution in [0.15, 0.2) is 42.5 Å². The van der Waals surface area contributed by atoms with Crippen LogP contribution in [0.4, 0.5) is 11.4 Å². The van der Waals surface area contributed by atoms with Crippen molar-refractivity contribution in [1.82, 2.24) is 4.90 Å². The van der Waals surface area contributed by atoms with Gasteiger partial charge in [-0.25, -0.2) is 0 Å². The number of nitro benzene ring substituents is 1. The van der Waals surface area contributed by atoms with Crippen molar-refractivity contribution >= 4 is 34.8 Å². The fourth-order valence-corrected chi connectivity index (χ4v) is 2.30. The van der Waals surface area contributed by atoms with Crippen LogP contribution >= 0.6 is 11.6 Å². The molecule has 0 aliphatic heterocycles. The Morgan fingerprint density at radius 3 is 2.32 bits per heavy atom. The lowest BCUT2D eigenvalue weighted by molar-refractivity contribution is -0.384. The highest BCUT2D eigenvalue weighted by molar-refractivity contribution is 6.34. The van der Waals surface area contributed by atoms with Crippen molar-refractivity contribution in [3.05, 3.63) is 68.7 Å². The standard InChI is InChI=1S/C17H16ClN3O4/c1-20(2)16(22)9-11-3-5-12(6-4-11)19-17(23)14-8-7-13(21(24)25)10-15(14)18/h3-8,10H,9H2,1-2H3,(H,19,23). The minimum atomic E-state index is -0.582. The molecule has 2 amide bonds. The molecule has 2 rings (SSSR count). The maximum atomic E-state index is 12.2. The van der Waals surface area contributed by atoms with E-state index >= 15 is 0 Å². The van der Waals surface area contributed by atoms with Gasteiger partial charge >= 0.3 is 0 Å². The van der Waals surface area contributed by atoms with Gasteiger partial charge < -0.3 is 10.2 Å². The number of hydrogen-bond acceptors (Lipinski definition) is 4. The summed E-state index contributed by atoms with van der Waals surface area (Å²) in [6.45, 7) is 0. The summed E-state index contributed by atoms with van der Waals surface area (Å²) in [7, 11) is 3.37. The van der Waals surface area contributed by atoms with Gasteiger partial charge in [0.15, 0.2) is 0 Å². The lowest BCUT2D eigenvalue weighted by atomic mass is 10.1. The normalized spacial score (nSPS) is 10.2. The van der Waals surface area contributed by atoms with Gasteiger partial charge in [0.2, 0.25) is 5.91 Å². The van der Waals surface area contributed by atoms with E-state index in [2.05, 4.69) is 5.32 Å². The molecule has 8 heteroatoms. The van der Waals surface area contributed by atoms with Gasteiger partial charge in [-0.1, -0.05) is 23.7 Å². The molecule has 0 saturated carbocycles. The van der Waals surface area contributed by atoms with E-state index < -0.39 is 10.8 Å². The first kappa shape index (κ1) is 18.4. The Hall–Kier alpha value is -2.93. The van der Waals surface area contributed by atoms with Crippen LogP contribution < -0.4 is 5.32 Å². The number of benzene rings is 2.